The highest BCUT2D eigenvalue weighted by Crippen LogP contribution is 2.30. The second-order valence-electron chi connectivity index (χ2n) is 5.18. The molecule has 19 heavy (non-hydrogen) atoms. The standard InChI is InChI=1S/C16H18O3/c1-10(2)7-8-11-9-13(17)15-12(16(11)18)5-4-6-14(15)19-3/h4-6,9-10H,7-8H2,1-3H3. The molecule has 0 aliphatic heterocycles. The van der Waals surface area contributed by atoms with Gasteiger partial charge in [-0.1, -0.05) is 26.0 Å². The molecule has 0 saturated carbocycles. The molecule has 0 N–H and O–H groups in total. The van der Waals surface area contributed by atoms with E-state index in [-0.39, 0.29) is 11.6 Å². The van der Waals surface area contributed by atoms with Gasteiger partial charge >= 0.3 is 0 Å². The molecule has 0 saturated heterocycles. The van der Waals surface area contributed by atoms with Gasteiger partial charge in [-0.25, -0.2) is 0 Å². The summed E-state index contributed by atoms with van der Waals surface area (Å²) >= 11 is 0. The van der Waals surface area contributed by atoms with Crippen LogP contribution in [0.4, 0.5) is 0 Å². The number of hydrogen-bond donors (Lipinski definition) is 0. The van der Waals surface area contributed by atoms with Gasteiger partial charge in [-0.2, -0.15) is 0 Å². The third-order valence-corrected chi connectivity index (χ3v) is 3.33. The highest BCUT2D eigenvalue weighted by Gasteiger charge is 2.27. The number of methoxy groups -OCH3 is 1. The van der Waals surface area contributed by atoms with Crippen LogP contribution in [0.3, 0.4) is 0 Å². The summed E-state index contributed by atoms with van der Waals surface area (Å²) in [6.07, 6.45) is 3.03. The van der Waals surface area contributed by atoms with Crippen LogP contribution in [0.2, 0.25) is 0 Å². The molecule has 0 amide bonds. The summed E-state index contributed by atoms with van der Waals surface area (Å²) in [6, 6.07) is 5.14. The first kappa shape index (κ1) is 13.5. The van der Waals surface area contributed by atoms with Crippen molar-refractivity contribution >= 4 is 11.6 Å². The minimum Gasteiger partial charge on any atom is -0.496 e. The number of allylic oxidation sites excluding steroid dienone is 2. The van der Waals surface area contributed by atoms with Crippen LogP contribution < -0.4 is 4.74 Å². The van der Waals surface area contributed by atoms with E-state index >= 15 is 0 Å². The first-order valence-corrected chi connectivity index (χ1v) is 6.51. The van der Waals surface area contributed by atoms with E-state index in [0.717, 1.165) is 6.42 Å². The van der Waals surface area contributed by atoms with E-state index in [1.165, 1.54) is 13.2 Å². The molecule has 3 heteroatoms. The smallest absolute Gasteiger partial charge is 0.190 e. The van der Waals surface area contributed by atoms with E-state index < -0.39 is 0 Å². The Bertz CT molecular complexity index is 553. The highest BCUT2D eigenvalue weighted by atomic mass is 16.5. The number of ketones is 2. The lowest BCUT2D eigenvalue weighted by molar-refractivity contribution is 0.0978. The summed E-state index contributed by atoms with van der Waals surface area (Å²) in [4.78, 5) is 24.5. The van der Waals surface area contributed by atoms with E-state index in [2.05, 4.69) is 13.8 Å². The highest BCUT2D eigenvalue weighted by molar-refractivity contribution is 6.25. The van der Waals surface area contributed by atoms with E-state index in [1.807, 2.05) is 0 Å². The maximum absolute atomic E-state index is 12.4. The Hall–Kier alpha value is -1.90. The predicted octanol–water partition coefficient (Wildman–Crippen LogP) is 3.44. The second kappa shape index (κ2) is 5.39. The number of fused-ring (bicyclic) bond motifs is 1. The zero-order chi connectivity index (χ0) is 14.0. The number of hydrogen-bond acceptors (Lipinski definition) is 3. The van der Waals surface area contributed by atoms with Gasteiger partial charge in [-0.3, -0.25) is 9.59 Å². The van der Waals surface area contributed by atoms with E-state index in [9.17, 15) is 9.59 Å². The van der Waals surface area contributed by atoms with Crippen molar-refractivity contribution in [2.24, 2.45) is 5.92 Å². The zero-order valence-electron chi connectivity index (χ0n) is 11.5. The summed E-state index contributed by atoms with van der Waals surface area (Å²) in [7, 11) is 1.51. The fraction of sp³-hybridized carbons (Fsp3) is 0.375. The number of carbonyl (C=O) groups excluding carboxylic acids is 2. The lowest BCUT2D eigenvalue weighted by Crippen LogP contribution is -2.18. The number of rotatable bonds is 4. The van der Waals surface area contributed by atoms with Gasteiger partial charge < -0.3 is 4.74 Å². The molecule has 0 bridgehead atoms. The minimum absolute atomic E-state index is 0.0471. The average molecular weight is 258 g/mol. The third-order valence-electron chi connectivity index (χ3n) is 3.33. The van der Waals surface area contributed by atoms with Crippen LogP contribution in [0.15, 0.2) is 29.8 Å². The molecule has 1 aliphatic carbocycles. The van der Waals surface area contributed by atoms with Crippen molar-refractivity contribution in [1.82, 2.24) is 0 Å². The van der Waals surface area contributed by atoms with Gasteiger partial charge in [0.2, 0.25) is 0 Å². The topological polar surface area (TPSA) is 43.4 Å². The van der Waals surface area contributed by atoms with Crippen molar-refractivity contribution in [2.45, 2.75) is 26.7 Å². The molecule has 0 atom stereocenters. The maximum atomic E-state index is 12.4. The van der Waals surface area contributed by atoms with Crippen molar-refractivity contribution in [3.63, 3.8) is 0 Å². The molecule has 0 fully saturated rings. The molecule has 3 nitrogen and oxygen atoms in total. The Morgan fingerprint density at radius 2 is 1.95 bits per heavy atom. The molecule has 1 aromatic carbocycles. The molecular weight excluding hydrogens is 240 g/mol. The van der Waals surface area contributed by atoms with Crippen molar-refractivity contribution in [2.75, 3.05) is 7.11 Å². The van der Waals surface area contributed by atoms with E-state index in [1.54, 1.807) is 18.2 Å². The molecule has 0 unspecified atom stereocenters. The summed E-state index contributed by atoms with van der Waals surface area (Å²) in [5.41, 5.74) is 1.47. The van der Waals surface area contributed by atoms with Crippen LogP contribution in [0.25, 0.3) is 0 Å². The first-order valence-electron chi connectivity index (χ1n) is 6.51. The predicted molar refractivity (Wildman–Crippen MR) is 73.8 cm³/mol. The van der Waals surface area contributed by atoms with Crippen molar-refractivity contribution < 1.29 is 14.3 Å². The molecule has 1 aromatic rings. The molecule has 0 radical (unpaired) electrons. The largest absolute Gasteiger partial charge is 0.496 e. The van der Waals surface area contributed by atoms with Gasteiger partial charge in [0.15, 0.2) is 11.6 Å². The average Bonchev–Trinajstić information content (AvgIpc) is 2.40. The Balaban J connectivity index is 2.37. The fourth-order valence-electron chi connectivity index (χ4n) is 2.24. The maximum Gasteiger partial charge on any atom is 0.190 e. The number of benzene rings is 1. The minimum atomic E-state index is -0.134. The first-order chi connectivity index (χ1) is 9.04. The van der Waals surface area contributed by atoms with Crippen LogP contribution in [-0.2, 0) is 0 Å². The number of Topliss-reactive ketones (excluding diaryl/α,β-unsaturated/α-hetero) is 1. The molecule has 2 rings (SSSR count). The summed E-state index contributed by atoms with van der Waals surface area (Å²) < 4.78 is 5.16. The molecule has 0 aromatic heterocycles. The normalized spacial score (nSPS) is 14.4. The van der Waals surface area contributed by atoms with Crippen LogP contribution in [-0.4, -0.2) is 18.7 Å². The summed E-state index contributed by atoms with van der Waals surface area (Å²) in [6.45, 7) is 4.21. The van der Waals surface area contributed by atoms with Gasteiger partial charge in [-0.05, 0) is 30.9 Å². The molecule has 1 aliphatic rings. The van der Waals surface area contributed by atoms with Gasteiger partial charge in [0.25, 0.3) is 0 Å². The quantitative estimate of drug-likeness (QED) is 0.831. The van der Waals surface area contributed by atoms with Gasteiger partial charge in [-0.15, -0.1) is 0 Å². The molecule has 100 valence electrons. The molecule has 0 heterocycles. The Morgan fingerprint density at radius 1 is 1.21 bits per heavy atom. The Labute approximate surface area is 113 Å². The SMILES string of the molecule is COc1cccc2c1C(=O)C=C(CCC(C)C)C2=O. The summed E-state index contributed by atoms with van der Waals surface area (Å²) in [5, 5.41) is 0. The van der Waals surface area contributed by atoms with E-state index in [4.69, 9.17) is 4.74 Å². The van der Waals surface area contributed by atoms with Gasteiger partial charge in [0.1, 0.15) is 5.75 Å². The second-order valence-corrected chi connectivity index (χ2v) is 5.18. The molecule has 0 spiro atoms. The van der Waals surface area contributed by atoms with Gasteiger partial charge in [0.05, 0.1) is 12.7 Å². The zero-order valence-corrected chi connectivity index (χ0v) is 11.5. The van der Waals surface area contributed by atoms with Crippen LogP contribution in [0.5, 0.6) is 5.75 Å². The third kappa shape index (κ3) is 2.60. The van der Waals surface area contributed by atoms with Crippen LogP contribution in [0.1, 0.15) is 47.4 Å². The fourth-order valence-corrected chi connectivity index (χ4v) is 2.24. The lowest BCUT2D eigenvalue weighted by Gasteiger charge is -2.17. The Morgan fingerprint density at radius 3 is 2.58 bits per heavy atom. The van der Waals surface area contributed by atoms with Crippen LogP contribution >= 0.6 is 0 Å². The monoisotopic (exact) mass is 258 g/mol. The number of carbonyl (C=O) groups is 2. The van der Waals surface area contributed by atoms with Crippen molar-refractivity contribution in [3.05, 3.63) is 41.0 Å². The van der Waals surface area contributed by atoms with Crippen molar-refractivity contribution in [1.29, 1.82) is 0 Å². The number of ether oxygens (including phenoxy) is 1. The molecular formula is C16H18O3. The Kier molecular flexibility index (Phi) is 3.84. The summed E-state index contributed by atoms with van der Waals surface area (Å²) in [5.74, 6) is 0.797. The van der Waals surface area contributed by atoms with Crippen molar-refractivity contribution in [3.8, 4) is 5.75 Å². The lowest BCUT2D eigenvalue weighted by atomic mass is 9.86. The van der Waals surface area contributed by atoms with Crippen LogP contribution in [0, 0.1) is 5.92 Å². The van der Waals surface area contributed by atoms with Gasteiger partial charge in [0, 0.05) is 11.1 Å². The van der Waals surface area contributed by atoms with E-state index in [0.29, 0.717) is 34.8 Å².